The van der Waals surface area contributed by atoms with Crippen LogP contribution in [0, 0.1) is 13.8 Å². The highest BCUT2D eigenvalue weighted by Gasteiger charge is 2.10. The number of carbonyl (C=O) groups is 1. The summed E-state index contributed by atoms with van der Waals surface area (Å²) in [6.45, 7) is 4.11. The van der Waals surface area contributed by atoms with Gasteiger partial charge in [0.15, 0.2) is 0 Å². The van der Waals surface area contributed by atoms with Crippen LogP contribution in [-0.2, 0) is 0 Å². The van der Waals surface area contributed by atoms with Crippen LogP contribution in [0.5, 0.6) is 0 Å². The van der Waals surface area contributed by atoms with E-state index in [0.29, 0.717) is 22.1 Å². The van der Waals surface area contributed by atoms with E-state index in [1.165, 1.54) is 11.1 Å². The third kappa shape index (κ3) is 4.37. The van der Waals surface area contributed by atoms with E-state index in [2.05, 4.69) is 47.7 Å². The van der Waals surface area contributed by atoms with Crippen LogP contribution in [0.1, 0.15) is 21.5 Å². The molecule has 0 bridgehead atoms. The number of halogens is 1. The number of pyridine rings is 1. The Kier molecular flexibility index (Phi) is 5.00. The van der Waals surface area contributed by atoms with Crippen molar-refractivity contribution in [2.24, 2.45) is 0 Å². The number of aromatic nitrogens is 1. The second-order valence-electron chi connectivity index (χ2n) is 5.87. The van der Waals surface area contributed by atoms with Crippen LogP contribution in [-0.4, -0.2) is 10.9 Å². The molecule has 0 aliphatic heterocycles. The molecule has 5 heteroatoms. The molecule has 2 N–H and O–H groups in total. The first-order chi connectivity index (χ1) is 12.0. The Balaban J connectivity index is 1.70. The average molecular weight is 352 g/mol. The molecule has 0 aliphatic carbocycles. The number of carbonyl (C=O) groups excluding carboxylic acids is 1. The number of aryl methyl sites for hydroxylation is 2. The van der Waals surface area contributed by atoms with Crippen LogP contribution < -0.4 is 10.6 Å². The summed E-state index contributed by atoms with van der Waals surface area (Å²) >= 11 is 6.04. The van der Waals surface area contributed by atoms with Gasteiger partial charge in [0.05, 0.1) is 22.5 Å². The standard InChI is InChI=1S/C20H18ClN3O/c1-13-9-14(2)11-16(10-13)23-19-8-7-15(12-22-19)24-20(25)17-5-3-4-6-18(17)21/h3-12H,1-2H3,(H,22,23)(H,24,25). The van der Waals surface area contributed by atoms with Gasteiger partial charge in [-0.2, -0.15) is 0 Å². The minimum absolute atomic E-state index is 0.262. The third-order valence-corrected chi connectivity index (χ3v) is 3.96. The molecule has 0 fully saturated rings. The lowest BCUT2D eigenvalue weighted by Gasteiger charge is -2.10. The van der Waals surface area contributed by atoms with Gasteiger partial charge in [0.1, 0.15) is 5.82 Å². The zero-order valence-electron chi connectivity index (χ0n) is 14.0. The Bertz CT molecular complexity index is 887. The average Bonchev–Trinajstić information content (AvgIpc) is 2.56. The van der Waals surface area contributed by atoms with Crippen LogP contribution in [0.4, 0.5) is 17.2 Å². The molecule has 2 aromatic carbocycles. The minimum atomic E-state index is -0.262. The summed E-state index contributed by atoms with van der Waals surface area (Å²) in [5.74, 6) is 0.447. The van der Waals surface area contributed by atoms with E-state index in [0.717, 1.165) is 5.69 Å². The molecule has 0 unspecified atom stereocenters. The van der Waals surface area contributed by atoms with E-state index in [-0.39, 0.29) is 5.91 Å². The van der Waals surface area contributed by atoms with Gasteiger partial charge in [-0.15, -0.1) is 0 Å². The zero-order chi connectivity index (χ0) is 17.8. The smallest absolute Gasteiger partial charge is 0.257 e. The second-order valence-corrected chi connectivity index (χ2v) is 6.27. The first-order valence-electron chi connectivity index (χ1n) is 7.88. The van der Waals surface area contributed by atoms with E-state index in [1.807, 2.05) is 6.07 Å². The van der Waals surface area contributed by atoms with E-state index < -0.39 is 0 Å². The van der Waals surface area contributed by atoms with Crippen molar-refractivity contribution in [2.75, 3.05) is 10.6 Å². The Morgan fingerprint density at radius 3 is 2.32 bits per heavy atom. The van der Waals surface area contributed by atoms with Crippen molar-refractivity contribution in [3.63, 3.8) is 0 Å². The fourth-order valence-electron chi connectivity index (χ4n) is 2.58. The Hall–Kier alpha value is -2.85. The molecule has 0 atom stereocenters. The van der Waals surface area contributed by atoms with Crippen LogP contribution >= 0.6 is 11.6 Å². The lowest BCUT2D eigenvalue weighted by atomic mass is 10.1. The number of nitrogens with one attached hydrogen (secondary N) is 2. The maximum atomic E-state index is 12.2. The SMILES string of the molecule is Cc1cc(C)cc(Nc2ccc(NC(=O)c3ccccc3Cl)cn2)c1. The third-order valence-electron chi connectivity index (χ3n) is 3.63. The van der Waals surface area contributed by atoms with E-state index in [1.54, 1.807) is 36.5 Å². The van der Waals surface area contributed by atoms with Gasteiger partial charge in [-0.25, -0.2) is 4.98 Å². The van der Waals surface area contributed by atoms with Gasteiger partial charge in [0.25, 0.3) is 5.91 Å². The van der Waals surface area contributed by atoms with E-state index >= 15 is 0 Å². The van der Waals surface area contributed by atoms with Crippen LogP contribution in [0.15, 0.2) is 60.8 Å². The highest BCUT2D eigenvalue weighted by Crippen LogP contribution is 2.20. The van der Waals surface area contributed by atoms with Gasteiger partial charge < -0.3 is 10.6 Å². The first kappa shape index (κ1) is 17.0. The maximum absolute atomic E-state index is 12.2. The quantitative estimate of drug-likeness (QED) is 0.666. The van der Waals surface area contributed by atoms with Crippen molar-refractivity contribution in [1.29, 1.82) is 0 Å². The van der Waals surface area contributed by atoms with Crippen LogP contribution in [0.25, 0.3) is 0 Å². The fraction of sp³-hybridized carbons (Fsp3) is 0.100. The summed E-state index contributed by atoms with van der Waals surface area (Å²) < 4.78 is 0. The highest BCUT2D eigenvalue weighted by molar-refractivity contribution is 6.34. The van der Waals surface area contributed by atoms with Crippen molar-refractivity contribution in [3.05, 3.63) is 82.5 Å². The molecular weight excluding hydrogens is 334 g/mol. The van der Waals surface area contributed by atoms with Crippen LogP contribution in [0.2, 0.25) is 5.02 Å². The molecule has 0 aliphatic rings. The Morgan fingerprint density at radius 2 is 1.68 bits per heavy atom. The lowest BCUT2D eigenvalue weighted by Crippen LogP contribution is -2.12. The second kappa shape index (κ2) is 7.36. The molecular formula is C20H18ClN3O. The predicted octanol–water partition coefficient (Wildman–Crippen LogP) is 5.35. The van der Waals surface area contributed by atoms with Crippen molar-refractivity contribution in [1.82, 2.24) is 4.98 Å². The minimum Gasteiger partial charge on any atom is -0.340 e. The first-order valence-corrected chi connectivity index (χ1v) is 8.26. The van der Waals surface area contributed by atoms with Crippen molar-refractivity contribution in [3.8, 4) is 0 Å². The van der Waals surface area contributed by atoms with Gasteiger partial charge in [0.2, 0.25) is 0 Å². The number of hydrogen-bond acceptors (Lipinski definition) is 3. The fourth-order valence-corrected chi connectivity index (χ4v) is 2.80. The molecule has 1 amide bonds. The predicted molar refractivity (Wildman–Crippen MR) is 103 cm³/mol. The molecule has 1 heterocycles. The maximum Gasteiger partial charge on any atom is 0.257 e. The zero-order valence-corrected chi connectivity index (χ0v) is 14.8. The van der Waals surface area contributed by atoms with Crippen molar-refractivity contribution < 1.29 is 4.79 Å². The van der Waals surface area contributed by atoms with Gasteiger partial charge >= 0.3 is 0 Å². The summed E-state index contributed by atoms with van der Waals surface area (Å²) in [7, 11) is 0. The molecule has 126 valence electrons. The van der Waals surface area contributed by atoms with Crippen molar-refractivity contribution >= 4 is 34.7 Å². The number of nitrogens with zero attached hydrogens (tertiary/aromatic N) is 1. The Morgan fingerprint density at radius 1 is 0.960 bits per heavy atom. The summed E-state index contributed by atoms with van der Waals surface area (Å²) in [6, 6.07) is 16.8. The molecule has 0 saturated carbocycles. The normalized spacial score (nSPS) is 10.4. The van der Waals surface area contributed by atoms with Gasteiger partial charge in [-0.05, 0) is 61.4 Å². The number of amides is 1. The monoisotopic (exact) mass is 351 g/mol. The number of benzene rings is 2. The van der Waals surface area contributed by atoms with Gasteiger partial charge in [-0.3, -0.25) is 4.79 Å². The van der Waals surface area contributed by atoms with Crippen LogP contribution in [0.3, 0.4) is 0 Å². The van der Waals surface area contributed by atoms with Gasteiger partial charge in [-0.1, -0.05) is 29.8 Å². The molecule has 4 nitrogen and oxygen atoms in total. The molecule has 0 radical (unpaired) electrons. The highest BCUT2D eigenvalue weighted by atomic mass is 35.5. The van der Waals surface area contributed by atoms with E-state index in [4.69, 9.17) is 11.6 Å². The number of rotatable bonds is 4. The van der Waals surface area contributed by atoms with Gasteiger partial charge in [0, 0.05) is 5.69 Å². The summed E-state index contributed by atoms with van der Waals surface area (Å²) in [5.41, 5.74) is 4.40. The summed E-state index contributed by atoms with van der Waals surface area (Å²) in [4.78, 5) is 16.6. The van der Waals surface area contributed by atoms with Crippen molar-refractivity contribution in [2.45, 2.75) is 13.8 Å². The largest absolute Gasteiger partial charge is 0.340 e. The molecule has 1 aromatic heterocycles. The molecule has 0 saturated heterocycles. The number of anilines is 3. The summed E-state index contributed by atoms with van der Waals surface area (Å²) in [6.07, 6.45) is 1.61. The topological polar surface area (TPSA) is 54.0 Å². The number of hydrogen-bond donors (Lipinski definition) is 2. The lowest BCUT2D eigenvalue weighted by molar-refractivity contribution is 0.102. The molecule has 0 spiro atoms. The summed E-state index contributed by atoms with van der Waals surface area (Å²) in [5, 5.41) is 6.47. The molecule has 25 heavy (non-hydrogen) atoms. The molecule has 3 rings (SSSR count). The molecule has 3 aromatic rings. The Labute approximate surface area is 151 Å². The van der Waals surface area contributed by atoms with E-state index in [9.17, 15) is 4.79 Å².